The molecule has 2 fully saturated rings. The molecule has 1 amide bonds. The molecule has 1 saturated carbocycles. The minimum absolute atomic E-state index is 0.00610. The Bertz CT molecular complexity index is 1170. The number of hydrogen-bond donors (Lipinski definition) is 1. The van der Waals surface area contributed by atoms with Crippen LogP contribution in [0, 0.1) is 19.8 Å². The van der Waals surface area contributed by atoms with Gasteiger partial charge in [-0.2, -0.15) is 0 Å². The first-order chi connectivity index (χ1) is 15.9. The van der Waals surface area contributed by atoms with Crippen molar-refractivity contribution in [1.82, 2.24) is 14.5 Å². The largest absolute Gasteiger partial charge is 0.369 e. The zero-order valence-electron chi connectivity index (χ0n) is 19.6. The van der Waals surface area contributed by atoms with Crippen LogP contribution in [-0.4, -0.2) is 33.4 Å². The highest BCUT2D eigenvalue weighted by molar-refractivity contribution is 9.10. The molecule has 6 heteroatoms. The molecule has 3 aromatic rings. The molecule has 0 atom stereocenters. The molecule has 2 aromatic carbocycles. The minimum Gasteiger partial charge on any atom is -0.369 e. The summed E-state index contributed by atoms with van der Waals surface area (Å²) in [4.78, 5) is 19.7. The quantitative estimate of drug-likeness (QED) is 0.499. The summed E-state index contributed by atoms with van der Waals surface area (Å²) < 4.78 is 3.56. The number of carbonyl (C=O) groups excluding carboxylic acids is 1. The number of fused-ring (bicyclic) bond motifs is 1. The number of imidazole rings is 1. The van der Waals surface area contributed by atoms with Crippen molar-refractivity contribution >= 4 is 32.9 Å². The number of hydrogen-bond acceptors (Lipinski definition) is 3. The number of amides is 1. The average molecular weight is 509 g/mol. The number of rotatable bonds is 5. The SMILES string of the molecule is Cc1cc2nc(C3(N4CCC(C(N)=O)CC4)CCCC3)n(Cc3ccc(Br)cc3)c2cc1C. The fourth-order valence-electron chi connectivity index (χ4n) is 5.90. The zero-order chi connectivity index (χ0) is 23.2. The average Bonchev–Trinajstić information content (AvgIpc) is 3.42. The second-order valence-corrected chi connectivity index (χ2v) is 10.9. The summed E-state index contributed by atoms with van der Waals surface area (Å²) in [6.45, 7) is 6.98. The molecule has 2 heterocycles. The second kappa shape index (κ2) is 8.88. The Morgan fingerprint density at radius 3 is 2.36 bits per heavy atom. The van der Waals surface area contributed by atoms with Crippen molar-refractivity contribution in [2.75, 3.05) is 13.1 Å². The molecule has 1 aromatic heterocycles. The summed E-state index contributed by atoms with van der Waals surface area (Å²) in [5.41, 5.74) is 11.7. The normalized spacial score (nSPS) is 19.4. The van der Waals surface area contributed by atoms with Gasteiger partial charge in [0.05, 0.1) is 16.6 Å². The Hall–Kier alpha value is -2.18. The maximum Gasteiger partial charge on any atom is 0.220 e. The third kappa shape index (κ3) is 4.12. The summed E-state index contributed by atoms with van der Waals surface area (Å²) in [6, 6.07) is 13.2. The van der Waals surface area contributed by atoms with Crippen LogP contribution in [0.25, 0.3) is 11.0 Å². The van der Waals surface area contributed by atoms with Crippen LogP contribution >= 0.6 is 15.9 Å². The van der Waals surface area contributed by atoms with Gasteiger partial charge in [0.2, 0.25) is 5.91 Å². The van der Waals surface area contributed by atoms with Crippen LogP contribution in [0.5, 0.6) is 0 Å². The van der Waals surface area contributed by atoms with E-state index >= 15 is 0 Å². The molecule has 5 nitrogen and oxygen atoms in total. The summed E-state index contributed by atoms with van der Waals surface area (Å²) in [5, 5.41) is 0. The van der Waals surface area contributed by atoms with Gasteiger partial charge in [0.15, 0.2) is 0 Å². The molecule has 0 bridgehead atoms. The Balaban J connectivity index is 1.62. The highest BCUT2D eigenvalue weighted by atomic mass is 79.9. The van der Waals surface area contributed by atoms with E-state index in [-0.39, 0.29) is 17.4 Å². The standard InChI is InChI=1S/C27H33BrN4O/c1-18-15-23-24(16-19(18)2)32(17-20-5-7-22(28)8-6-20)26(30-23)27(11-3-4-12-27)31-13-9-21(10-14-31)25(29)33/h5-8,15-16,21H,3-4,9-14,17H2,1-2H3,(H2,29,33). The predicted molar refractivity (Wildman–Crippen MR) is 136 cm³/mol. The van der Waals surface area contributed by atoms with Crippen molar-refractivity contribution in [2.24, 2.45) is 11.7 Å². The number of aryl methyl sites for hydroxylation is 2. The Kier molecular flexibility index (Phi) is 6.08. The van der Waals surface area contributed by atoms with Crippen LogP contribution in [-0.2, 0) is 16.9 Å². The van der Waals surface area contributed by atoms with Gasteiger partial charge in [0, 0.05) is 16.9 Å². The monoisotopic (exact) mass is 508 g/mol. The number of aromatic nitrogens is 2. The number of benzene rings is 2. The van der Waals surface area contributed by atoms with Gasteiger partial charge in [0.25, 0.3) is 0 Å². The van der Waals surface area contributed by atoms with Crippen LogP contribution in [0.15, 0.2) is 40.9 Å². The van der Waals surface area contributed by atoms with Gasteiger partial charge in [-0.25, -0.2) is 4.98 Å². The number of nitrogens with two attached hydrogens (primary N) is 1. The Morgan fingerprint density at radius 2 is 1.73 bits per heavy atom. The molecule has 1 aliphatic carbocycles. The first kappa shape index (κ1) is 22.6. The van der Waals surface area contributed by atoms with Gasteiger partial charge < -0.3 is 10.3 Å². The molecular formula is C27H33BrN4O. The maximum atomic E-state index is 11.8. The Labute approximate surface area is 204 Å². The van der Waals surface area contributed by atoms with Crippen molar-refractivity contribution in [2.45, 2.75) is 64.5 Å². The van der Waals surface area contributed by atoms with Gasteiger partial charge in [-0.15, -0.1) is 0 Å². The number of carbonyl (C=O) groups is 1. The fourth-order valence-corrected chi connectivity index (χ4v) is 6.17. The lowest BCUT2D eigenvalue weighted by Crippen LogP contribution is -2.51. The van der Waals surface area contributed by atoms with Crippen molar-refractivity contribution in [3.05, 3.63) is 63.4 Å². The molecule has 2 aliphatic rings. The van der Waals surface area contributed by atoms with Gasteiger partial charge in [0.1, 0.15) is 5.82 Å². The fraction of sp³-hybridized carbons (Fsp3) is 0.481. The summed E-state index contributed by atoms with van der Waals surface area (Å²) in [5.74, 6) is 1.05. The van der Waals surface area contributed by atoms with E-state index in [0.717, 1.165) is 55.3 Å². The van der Waals surface area contributed by atoms with E-state index in [2.05, 4.69) is 75.6 Å². The van der Waals surface area contributed by atoms with Crippen molar-refractivity contribution in [3.63, 3.8) is 0 Å². The van der Waals surface area contributed by atoms with Crippen LogP contribution in [0.4, 0.5) is 0 Å². The molecule has 0 spiro atoms. The molecule has 1 saturated heterocycles. The highest BCUT2D eigenvalue weighted by Gasteiger charge is 2.46. The molecule has 0 radical (unpaired) electrons. The van der Waals surface area contributed by atoms with Gasteiger partial charge in [-0.05, 0) is 93.6 Å². The second-order valence-electron chi connectivity index (χ2n) is 9.98. The Morgan fingerprint density at radius 1 is 1.09 bits per heavy atom. The van der Waals surface area contributed by atoms with Crippen molar-refractivity contribution in [1.29, 1.82) is 0 Å². The zero-order valence-corrected chi connectivity index (χ0v) is 21.2. The van der Waals surface area contributed by atoms with E-state index in [0.29, 0.717) is 0 Å². The predicted octanol–water partition coefficient (Wildman–Crippen LogP) is 5.43. The smallest absolute Gasteiger partial charge is 0.220 e. The number of primary amides is 1. The molecule has 33 heavy (non-hydrogen) atoms. The van der Waals surface area contributed by atoms with E-state index in [1.165, 1.54) is 40.9 Å². The molecule has 5 rings (SSSR count). The molecule has 0 unspecified atom stereocenters. The van der Waals surface area contributed by atoms with Crippen molar-refractivity contribution in [3.8, 4) is 0 Å². The third-order valence-electron chi connectivity index (χ3n) is 7.97. The number of piperidine rings is 1. The van der Waals surface area contributed by atoms with Crippen LogP contribution < -0.4 is 5.73 Å². The molecule has 174 valence electrons. The lowest BCUT2D eigenvalue weighted by atomic mass is 9.87. The van der Waals surface area contributed by atoms with Gasteiger partial charge in [-0.1, -0.05) is 40.9 Å². The topological polar surface area (TPSA) is 64.2 Å². The first-order valence-electron chi connectivity index (χ1n) is 12.1. The van der Waals surface area contributed by atoms with E-state index in [1.807, 2.05) is 0 Å². The van der Waals surface area contributed by atoms with E-state index < -0.39 is 0 Å². The lowest BCUT2D eigenvalue weighted by molar-refractivity contribution is -0.123. The van der Waals surface area contributed by atoms with E-state index in [1.54, 1.807) is 0 Å². The van der Waals surface area contributed by atoms with Crippen LogP contribution in [0.3, 0.4) is 0 Å². The summed E-state index contributed by atoms with van der Waals surface area (Å²) in [7, 11) is 0. The number of likely N-dealkylation sites (tertiary alicyclic amines) is 1. The lowest BCUT2D eigenvalue weighted by Gasteiger charge is -2.44. The van der Waals surface area contributed by atoms with E-state index in [4.69, 9.17) is 10.7 Å². The number of halogens is 1. The van der Waals surface area contributed by atoms with Crippen LogP contribution in [0.2, 0.25) is 0 Å². The summed E-state index contributed by atoms with van der Waals surface area (Å²) in [6.07, 6.45) is 6.38. The minimum atomic E-state index is -0.149. The van der Waals surface area contributed by atoms with Crippen molar-refractivity contribution < 1.29 is 4.79 Å². The van der Waals surface area contributed by atoms with Crippen LogP contribution in [0.1, 0.15) is 61.0 Å². The third-order valence-corrected chi connectivity index (χ3v) is 8.50. The van der Waals surface area contributed by atoms with Gasteiger partial charge >= 0.3 is 0 Å². The van der Waals surface area contributed by atoms with Gasteiger partial charge in [-0.3, -0.25) is 9.69 Å². The molecule has 1 aliphatic heterocycles. The summed E-state index contributed by atoms with van der Waals surface area (Å²) >= 11 is 3.57. The molecule has 2 N–H and O–H groups in total. The molecular weight excluding hydrogens is 476 g/mol. The van der Waals surface area contributed by atoms with E-state index in [9.17, 15) is 4.79 Å². The number of nitrogens with zero attached hydrogens (tertiary/aromatic N) is 3. The first-order valence-corrected chi connectivity index (χ1v) is 12.9. The highest BCUT2D eigenvalue weighted by Crippen LogP contribution is 2.46. The maximum absolute atomic E-state index is 11.8.